The summed E-state index contributed by atoms with van der Waals surface area (Å²) < 4.78 is 1.25. The first kappa shape index (κ1) is 7.13. The molecule has 0 unspecified atom stereocenters. The molecule has 2 heteroatoms. The van der Waals surface area contributed by atoms with E-state index in [1.807, 2.05) is 18.2 Å². The summed E-state index contributed by atoms with van der Waals surface area (Å²) in [5.41, 5.74) is 1.22. The maximum Gasteiger partial charge on any atom is 0.0717 e. The predicted octanol–water partition coefficient (Wildman–Crippen LogP) is 1.96. The zero-order valence-electron chi connectivity index (χ0n) is 4.97. The zero-order chi connectivity index (χ0) is 6.69. The molecule has 0 aromatic heterocycles. The van der Waals surface area contributed by atoms with Crippen LogP contribution < -0.4 is 0 Å². The maximum atomic E-state index is 5.45. The second kappa shape index (κ2) is 3.25. The van der Waals surface area contributed by atoms with Crippen molar-refractivity contribution >= 4 is 30.4 Å². The van der Waals surface area contributed by atoms with Crippen LogP contribution in [0.25, 0.3) is 0 Å². The molecule has 1 aromatic rings. The summed E-state index contributed by atoms with van der Waals surface area (Å²) in [5.74, 6) is 0. The van der Waals surface area contributed by atoms with Crippen molar-refractivity contribution in [3.05, 3.63) is 33.4 Å². The summed E-state index contributed by atoms with van der Waals surface area (Å²) in [6.45, 7) is 0. The highest BCUT2D eigenvalue weighted by Crippen LogP contribution is 2.09. The van der Waals surface area contributed by atoms with E-state index in [-0.39, 0.29) is 0 Å². The van der Waals surface area contributed by atoms with E-state index in [0.717, 1.165) is 0 Å². The molecule has 0 aliphatic rings. The minimum absolute atomic E-state index is 0.638. The summed E-state index contributed by atoms with van der Waals surface area (Å²) in [6, 6.07) is 8.12. The molecule has 0 aliphatic heterocycles. The summed E-state index contributed by atoms with van der Waals surface area (Å²) in [5, 5.41) is 0. The van der Waals surface area contributed by atoms with Crippen molar-refractivity contribution in [2.45, 2.75) is 6.32 Å². The van der Waals surface area contributed by atoms with Gasteiger partial charge in [0.05, 0.1) is 7.85 Å². The lowest BCUT2D eigenvalue weighted by atomic mass is 9.97. The first-order valence-electron chi connectivity index (χ1n) is 2.78. The van der Waals surface area contributed by atoms with Crippen molar-refractivity contribution < 1.29 is 0 Å². The Balaban J connectivity index is 3.01. The van der Waals surface area contributed by atoms with E-state index < -0.39 is 0 Å². The molecule has 44 valence electrons. The van der Waals surface area contributed by atoms with E-state index >= 15 is 0 Å². The van der Waals surface area contributed by atoms with Crippen LogP contribution in [0, 0.1) is 3.57 Å². The molecule has 0 aliphatic carbocycles. The third kappa shape index (κ3) is 1.71. The van der Waals surface area contributed by atoms with Gasteiger partial charge in [0.15, 0.2) is 0 Å². The van der Waals surface area contributed by atoms with Crippen LogP contribution in [0.2, 0.25) is 0 Å². The summed E-state index contributed by atoms with van der Waals surface area (Å²) in [4.78, 5) is 0. The lowest BCUT2D eigenvalue weighted by Gasteiger charge is -1.97. The van der Waals surface area contributed by atoms with Gasteiger partial charge in [-0.3, -0.25) is 0 Å². The summed E-state index contributed by atoms with van der Waals surface area (Å²) >= 11 is 2.28. The average Bonchev–Trinajstić information content (AvgIpc) is 1.89. The van der Waals surface area contributed by atoms with Crippen LogP contribution in [0.15, 0.2) is 24.3 Å². The van der Waals surface area contributed by atoms with E-state index in [0.29, 0.717) is 6.32 Å². The molecule has 1 rings (SSSR count). The molecule has 0 bridgehead atoms. The molecule has 0 N–H and O–H groups in total. The molecular formula is C7H6BI. The van der Waals surface area contributed by atoms with Gasteiger partial charge in [-0.05, 0) is 34.2 Å². The Labute approximate surface area is 70.2 Å². The largest absolute Gasteiger partial charge is 0.0717 e. The van der Waals surface area contributed by atoms with Gasteiger partial charge in [-0.2, -0.15) is 0 Å². The molecule has 9 heavy (non-hydrogen) atoms. The Morgan fingerprint density at radius 2 is 2.00 bits per heavy atom. The molecule has 0 fully saturated rings. The Kier molecular flexibility index (Phi) is 2.57. The summed E-state index contributed by atoms with van der Waals surface area (Å²) in [7, 11) is 5.45. The third-order valence-electron chi connectivity index (χ3n) is 1.18. The van der Waals surface area contributed by atoms with Crippen molar-refractivity contribution in [1.82, 2.24) is 0 Å². The summed E-state index contributed by atoms with van der Waals surface area (Å²) in [6.07, 6.45) is 0.638. The molecule has 0 spiro atoms. The van der Waals surface area contributed by atoms with Gasteiger partial charge in [0.2, 0.25) is 0 Å². The van der Waals surface area contributed by atoms with Crippen LogP contribution in [0.3, 0.4) is 0 Å². The SMILES string of the molecule is [B]Cc1ccccc1I. The molecule has 0 amide bonds. The van der Waals surface area contributed by atoms with Crippen LogP contribution >= 0.6 is 22.6 Å². The molecular weight excluding hydrogens is 222 g/mol. The van der Waals surface area contributed by atoms with E-state index in [9.17, 15) is 0 Å². The smallest absolute Gasteiger partial charge is 0.0633 e. The van der Waals surface area contributed by atoms with E-state index in [2.05, 4.69) is 28.7 Å². The Bertz CT molecular complexity index is 198. The van der Waals surface area contributed by atoms with Crippen LogP contribution in [0.4, 0.5) is 0 Å². The fraction of sp³-hybridized carbons (Fsp3) is 0.143. The first-order chi connectivity index (χ1) is 4.34. The number of benzene rings is 1. The number of hydrogen-bond donors (Lipinski definition) is 0. The maximum absolute atomic E-state index is 5.45. The monoisotopic (exact) mass is 228 g/mol. The van der Waals surface area contributed by atoms with Gasteiger partial charge in [0.1, 0.15) is 0 Å². The molecule has 0 saturated carbocycles. The number of hydrogen-bond acceptors (Lipinski definition) is 0. The average molecular weight is 228 g/mol. The van der Waals surface area contributed by atoms with E-state index in [1.54, 1.807) is 0 Å². The van der Waals surface area contributed by atoms with Gasteiger partial charge in [0, 0.05) is 3.57 Å². The number of halogens is 1. The topological polar surface area (TPSA) is 0 Å². The Morgan fingerprint density at radius 1 is 1.33 bits per heavy atom. The minimum atomic E-state index is 0.638. The molecule has 0 nitrogen and oxygen atoms in total. The predicted molar refractivity (Wildman–Crippen MR) is 48.6 cm³/mol. The normalized spacial score (nSPS) is 9.44. The van der Waals surface area contributed by atoms with Crippen LogP contribution in [0.1, 0.15) is 5.56 Å². The fourth-order valence-electron chi connectivity index (χ4n) is 0.664. The van der Waals surface area contributed by atoms with E-state index in [4.69, 9.17) is 7.85 Å². The van der Waals surface area contributed by atoms with Gasteiger partial charge in [-0.15, -0.1) is 0 Å². The van der Waals surface area contributed by atoms with Crippen molar-refractivity contribution in [3.63, 3.8) is 0 Å². The molecule has 0 atom stereocenters. The van der Waals surface area contributed by atoms with E-state index in [1.165, 1.54) is 9.13 Å². The molecule has 2 radical (unpaired) electrons. The Morgan fingerprint density at radius 3 is 2.44 bits per heavy atom. The quantitative estimate of drug-likeness (QED) is 0.509. The van der Waals surface area contributed by atoms with Crippen molar-refractivity contribution in [3.8, 4) is 0 Å². The van der Waals surface area contributed by atoms with Crippen molar-refractivity contribution in [2.75, 3.05) is 0 Å². The lowest BCUT2D eigenvalue weighted by molar-refractivity contribution is 1.37. The highest BCUT2D eigenvalue weighted by Gasteiger charge is 1.91. The van der Waals surface area contributed by atoms with Gasteiger partial charge < -0.3 is 0 Å². The highest BCUT2D eigenvalue weighted by molar-refractivity contribution is 14.1. The standard InChI is InChI=1S/C7H6BI/c8-5-6-3-1-2-4-7(6)9/h1-4H,5H2. The first-order valence-corrected chi connectivity index (χ1v) is 3.86. The van der Waals surface area contributed by atoms with Crippen LogP contribution in [-0.2, 0) is 6.32 Å². The van der Waals surface area contributed by atoms with Crippen molar-refractivity contribution in [1.29, 1.82) is 0 Å². The number of rotatable bonds is 1. The second-order valence-corrected chi connectivity index (χ2v) is 2.96. The Hall–Kier alpha value is 0.0149. The fourth-order valence-corrected chi connectivity index (χ4v) is 1.27. The van der Waals surface area contributed by atoms with Gasteiger partial charge in [-0.25, -0.2) is 0 Å². The van der Waals surface area contributed by atoms with Gasteiger partial charge in [-0.1, -0.05) is 24.5 Å². The van der Waals surface area contributed by atoms with Crippen LogP contribution in [0.5, 0.6) is 0 Å². The van der Waals surface area contributed by atoms with Gasteiger partial charge in [0.25, 0.3) is 0 Å². The van der Waals surface area contributed by atoms with Crippen LogP contribution in [-0.4, -0.2) is 7.85 Å². The molecule has 0 heterocycles. The second-order valence-electron chi connectivity index (χ2n) is 1.80. The minimum Gasteiger partial charge on any atom is -0.0633 e. The zero-order valence-corrected chi connectivity index (χ0v) is 7.13. The molecule has 0 saturated heterocycles. The van der Waals surface area contributed by atoms with Gasteiger partial charge >= 0.3 is 0 Å². The third-order valence-corrected chi connectivity index (χ3v) is 2.23. The van der Waals surface area contributed by atoms with Crippen molar-refractivity contribution in [2.24, 2.45) is 0 Å². The lowest BCUT2D eigenvalue weighted by Crippen LogP contribution is -1.85. The highest BCUT2D eigenvalue weighted by atomic mass is 127. The molecule has 1 aromatic carbocycles.